The van der Waals surface area contributed by atoms with Gasteiger partial charge in [0.05, 0.1) is 6.57 Å². The molecule has 0 spiro atoms. The second-order valence-electron chi connectivity index (χ2n) is 11.4. The number of fused-ring (bicyclic) bond motifs is 3. The van der Waals surface area contributed by atoms with Crippen molar-refractivity contribution in [3.05, 3.63) is 76.1 Å². The number of rotatable bonds is 17. The van der Waals surface area contributed by atoms with E-state index < -0.39 is 24.4 Å². The van der Waals surface area contributed by atoms with Crippen molar-refractivity contribution in [1.29, 1.82) is 0 Å². The summed E-state index contributed by atoms with van der Waals surface area (Å²) in [6, 6.07) is 16.9. The minimum absolute atomic E-state index is 0.0874. The van der Waals surface area contributed by atoms with Gasteiger partial charge in [-0.3, -0.25) is 14.4 Å². The second-order valence-corrected chi connectivity index (χ2v) is 12.5. The third kappa shape index (κ3) is 8.61. The molecule has 0 fully saturated rings. The van der Waals surface area contributed by atoms with Crippen LogP contribution in [-0.4, -0.2) is 50.6 Å². The van der Waals surface area contributed by atoms with Crippen LogP contribution in [-0.2, 0) is 20.9 Å². The van der Waals surface area contributed by atoms with Gasteiger partial charge in [-0.1, -0.05) is 62.8 Å². The van der Waals surface area contributed by atoms with Gasteiger partial charge in [0.2, 0.25) is 0 Å². The van der Waals surface area contributed by atoms with Crippen molar-refractivity contribution in [2.24, 2.45) is 0 Å². The van der Waals surface area contributed by atoms with E-state index in [9.17, 15) is 19.5 Å². The van der Waals surface area contributed by atoms with E-state index in [1.165, 1.54) is 38.0 Å². The number of carboxylic acids is 2. The molecule has 9 heteroatoms. The SMILES string of the molecule is [C-]#[N+]/C(=C\c1sc(-c2ccc3c(c2)c2ccccc2n3CC)cc1C)C(=O)N(CCCCCCCCCCC(=O)O)CC(=O)O. The van der Waals surface area contributed by atoms with Crippen molar-refractivity contribution in [2.45, 2.75) is 78.2 Å². The molecule has 4 rings (SSSR count). The van der Waals surface area contributed by atoms with Gasteiger partial charge in [-0.05, 0) is 68.2 Å². The largest absolute Gasteiger partial charge is 0.481 e. The number of carbonyl (C=O) groups excluding carboxylic acids is 1. The molecule has 45 heavy (non-hydrogen) atoms. The van der Waals surface area contributed by atoms with Crippen molar-refractivity contribution in [3.63, 3.8) is 0 Å². The monoisotopic (exact) mass is 627 g/mol. The van der Waals surface area contributed by atoms with E-state index in [4.69, 9.17) is 11.7 Å². The summed E-state index contributed by atoms with van der Waals surface area (Å²) in [5.41, 5.74) is 4.32. The highest BCUT2D eigenvalue weighted by Gasteiger charge is 2.22. The van der Waals surface area contributed by atoms with E-state index >= 15 is 0 Å². The van der Waals surface area contributed by atoms with Crippen molar-refractivity contribution in [1.82, 2.24) is 9.47 Å². The molecule has 0 radical (unpaired) electrons. The number of hydrogen-bond donors (Lipinski definition) is 2. The number of aryl methyl sites for hydroxylation is 2. The first-order valence-electron chi connectivity index (χ1n) is 15.7. The van der Waals surface area contributed by atoms with E-state index in [1.54, 1.807) is 6.08 Å². The van der Waals surface area contributed by atoms with Crippen LogP contribution in [0.1, 0.15) is 75.2 Å². The quantitative estimate of drug-likeness (QED) is 0.0693. The molecule has 2 aromatic carbocycles. The average Bonchev–Trinajstić information content (AvgIpc) is 3.55. The Kier molecular flexibility index (Phi) is 11.9. The maximum absolute atomic E-state index is 13.4. The molecule has 0 saturated carbocycles. The number of carboxylic acid groups (broad SMARTS) is 2. The Bertz CT molecular complexity index is 1740. The summed E-state index contributed by atoms with van der Waals surface area (Å²) in [5.74, 6) is -2.43. The van der Waals surface area contributed by atoms with Crippen LogP contribution in [0.5, 0.6) is 0 Å². The van der Waals surface area contributed by atoms with Gasteiger partial charge in [-0.25, -0.2) is 4.85 Å². The lowest BCUT2D eigenvalue weighted by Gasteiger charge is -2.20. The molecule has 1 amide bonds. The van der Waals surface area contributed by atoms with Gasteiger partial charge in [0, 0.05) is 51.1 Å². The van der Waals surface area contributed by atoms with Crippen LogP contribution < -0.4 is 0 Å². The summed E-state index contributed by atoms with van der Waals surface area (Å²) < 4.78 is 2.31. The lowest BCUT2D eigenvalue weighted by molar-refractivity contribution is -0.143. The highest BCUT2D eigenvalue weighted by Crippen LogP contribution is 2.37. The molecule has 0 unspecified atom stereocenters. The van der Waals surface area contributed by atoms with Gasteiger partial charge >= 0.3 is 11.9 Å². The Morgan fingerprint density at radius 1 is 0.889 bits per heavy atom. The second kappa shape index (κ2) is 16.1. The maximum atomic E-state index is 13.4. The van der Waals surface area contributed by atoms with E-state index in [0.717, 1.165) is 66.0 Å². The fourth-order valence-corrected chi connectivity index (χ4v) is 6.92. The fraction of sp³-hybridized carbons (Fsp3) is 0.389. The number of unbranched alkanes of at least 4 members (excludes halogenated alkanes) is 7. The predicted molar refractivity (Wildman–Crippen MR) is 181 cm³/mol. The molecule has 0 atom stereocenters. The number of aliphatic carboxylic acids is 2. The van der Waals surface area contributed by atoms with E-state index in [2.05, 4.69) is 64.9 Å². The predicted octanol–water partition coefficient (Wildman–Crippen LogP) is 8.62. The van der Waals surface area contributed by atoms with Gasteiger partial charge in [-0.15, -0.1) is 11.3 Å². The molecule has 0 aliphatic carbocycles. The first-order valence-corrected chi connectivity index (χ1v) is 16.5. The molecule has 0 saturated heterocycles. The smallest absolute Gasteiger partial charge is 0.323 e. The first kappa shape index (κ1) is 33.5. The molecule has 4 aromatic rings. The summed E-state index contributed by atoms with van der Waals surface area (Å²) in [6.07, 6.45) is 8.92. The number of carbonyl (C=O) groups is 3. The molecule has 2 heterocycles. The molecule has 0 aliphatic heterocycles. The molecule has 0 bridgehead atoms. The molecule has 236 valence electrons. The zero-order valence-corrected chi connectivity index (χ0v) is 26.9. The molecular weight excluding hydrogens is 586 g/mol. The van der Waals surface area contributed by atoms with E-state index in [-0.39, 0.29) is 18.7 Å². The molecule has 2 aromatic heterocycles. The molecule has 2 N–H and O–H groups in total. The van der Waals surface area contributed by atoms with Crippen LogP contribution in [0.3, 0.4) is 0 Å². The Hall–Kier alpha value is -4.42. The third-order valence-electron chi connectivity index (χ3n) is 8.12. The highest BCUT2D eigenvalue weighted by atomic mass is 32.1. The zero-order chi connectivity index (χ0) is 32.3. The molecule has 8 nitrogen and oxygen atoms in total. The maximum Gasteiger partial charge on any atom is 0.323 e. The summed E-state index contributed by atoms with van der Waals surface area (Å²) in [6.45, 7) is 12.5. The van der Waals surface area contributed by atoms with E-state index in [0.29, 0.717) is 12.8 Å². The Balaban J connectivity index is 1.43. The normalized spacial score (nSPS) is 11.6. The van der Waals surface area contributed by atoms with Crippen LogP contribution in [0.15, 0.2) is 54.2 Å². The van der Waals surface area contributed by atoms with Gasteiger partial charge in [0.25, 0.3) is 11.6 Å². The highest BCUT2D eigenvalue weighted by molar-refractivity contribution is 7.16. The van der Waals surface area contributed by atoms with Gasteiger partial charge < -0.3 is 19.7 Å². The van der Waals surface area contributed by atoms with Crippen LogP contribution in [0.2, 0.25) is 0 Å². The molecular formula is C36H41N3O5S. The Morgan fingerprint density at radius 2 is 1.56 bits per heavy atom. The van der Waals surface area contributed by atoms with Crippen LogP contribution in [0, 0.1) is 13.5 Å². The van der Waals surface area contributed by atoms with Crippen molar-refractivity contribution in [2.75, 3.05) is 13.1 Å². The number of thiophene rings is 1. The Labute approximate surface area is 268 Å². The summed E-state index contributed by atoms with van der Waals surface area (Å²) in [7, 11) is 0. The van der Waals surface area contributed by atoms with Gasteiger partial charge in [0.15, 0.2) is 0 Å². The standard InChI is InChI=1S/C36H41N3O5S/c1-4-39-30-16-13-12-15-27(30)28-22-26(18-19-31(28)39)33-21-25(2)32(45-33)23-29(37-3)36(44)38(24-35(42)43)20-14-10-8-6-5-7-9-11-17-34(40)41/h12-13,15-16,18-19,21-23H,4-11,14,17,20,24H2,1-2H3,(H,40,41)(H,42,43)/b29-23-. The number of aromatic nitrogens is 1. The summed E-state index contributed by atoms with van der Waals surface area (Å²) in [4.78, 5) is 42.1. The summed E-state index contributed by atoms with van der Waals surface area (Å²) >= 11 is 1.52. The van der Waals surface area contributed by atoms with Crippen LogP contribution in [0.4, 0.5) is 0 Å². The fourth-order valence-electron chi connectivity index (χ4n) is 5.81. The van der Waals surface area contributed by atoms with Crippen LogP contribution >= 0.6 is 11.3 Å². The van der Waals surface area contributed by atoms with Gasteiger partial charge in [0.1, 0.15) is 6.54 Å². The zero-order valence-electron chi connectivity index (χ0n) is 26.1. The lowest BCUT2D eigenvalue weighted by Crippen LogP contribution is -2.36. The number of nitrogens with zero attached hydrogens (tertiary/aromatic N) is 3. The summed E-state index contributed by atoms with van der Waals surface area (Å²) in [5, 5.41) is 20.6. The number of para-hydroxylation sites is 1. The van der Waals surface area contributed by atoms with E-state index in [1.807, 2.05) is 6.92 Å². The number of benzene rings is 2. The number of amides is 1. The third-order valence-corrected chi connectivity index (χ3v) is 9.35. The average molecular weight is 628 g/mol. The Morgan fingerprint density at radius 3 is 2.22 bits per heavy atom. The number of hydrogen-bond acceptors (Lipinski definition) is 4. The topological polar surface area (TPSA) is 104 Å². The molecule has 0 aliphatic rings. The lowest BCUT2D eigenvalue weighted by atomic mass is 10.1. The minimum atomic E-state index is -1.11. The van der Waals surface area contributed by atoms with Crippen molar-refractivity contribution in [3.8, 4) is 10.4 Å². The van der Waals surface area contributed by atoms with Crippen LogP contribution in [0.25, 0.3) is 43.2 Å². The van der Waals surface area contributed by atoms with Gasteiger partial charge in [-0.2, -0.15) is 0 Å². The van der Waals surface area contributed by atoms with Crippen molar-refractivity contribution >= 4 is 57.1 Å². The first-order chi connectivity index (χ1) is 21.7. The minimum Gasteiger partial charge on any atom is -0.481 e. The van der Waals surface area contributed by atoms with Crippen molar-refractivity contribution < 1.29 is 24.6 Å².